The largest absolute Gasteiger partial charge is 0.449 e. The molecule has 0 radical (unpaired) electrons. The van der Waals surface area contributed by atoms with Crippen LogP contribution in [0.15, 0.2) is 12.1 Å². The third-order valence-electron chi connectivity index (χ3n) is 5.44. The van der Waals surface area contributed by atoms with E-state index in [-0.39, 0.29) is 41.3 Å². The monoisotopic (exact) mass is 409 g/mol. The van der Waals surface area contributed by atoms with Gasteiger partial charge in [-0.1, -0.05) is 0 Å². The van der Waals surface area contributed by atoms with Gasteiger partial charge >= 0.3 is 6.09 Å². The third kappa shape index (κ3) is 3.68. The quantitative estimate of drug-likeness (QED) is 0.576. The number of imidazole rings is 1. The molecule has 1 aromatic carbocycles. The maximum Gasteiger partial charge on any atom is 0.404 e. The Morgan fingerprint density at radius 3 is 2.76 bits per heavy atom. The first kappa shape index (κ1) is 19.3. The highest BCUT2D eigenvalue weighted by molar-refractivity contribution is 5.95. The van der Waals surface area contributed by atoms with E-state index >= 15 is 0 Å². The van der Waals surface area contributed by atoms with Crippen LogP contribution in [0.25, 0.3) is 11.0 Å². The number of rotatable bonds is 6. The zero-order valence-corrected chi connectivity index (χ0v) is 15.6. The van der Waals surface area contributed by atoms with Crippen molar-refractivity contribution in [3.8, 4) is 0 Å². The van der Waals surface area contributed by atoms with Crippen LogP contribution in [0.4, 0.5) is 25.0 Å². The molecule has 2 aliphatic rings. The van der Waals surface area contributed by atoms with Crippen molar-refractivity contribution in [3.63, 3.8) is 0 Å². The van der Waals surface area contributed by atoms with Gasteiger partial charge in [0.15, 0.2) is 5.82 Å². The molecule has 156 valence electrons. The standard InChI is InChI=1S/C18H21F2N5O4/c19-16(20)17-22-14-12(24(17)11-3-4-11)5-6-13(25(27)28)15(14)23-7-1-2-10(8-23)9-29-18(21)26/h5-6,10-11,16H,1-4,7-9H2,(H2,21,26). The molecule has 1 aliphatic heterocycles. The summed E-state index contributed by atoms with van der Waals surface area (Å²) >= 11 is 0. The summed E-state index contributed by atoms with van der Waals surface area (Å²) in [7, 11) is 0. The normalized spacial score (nSPS) is 19.7. The zero-order chi connectivity index (χ0) is 20.7. The molecule has 1 aromatic heterocycles. The Hall–Kier alpha value is -2.98. The van der Waals surface area contributed by atoms with Gasteiger partial charge in [-0.15, -0.1) is 0 Å². The van der Waals surface area contributed by atoms with Gasteiger partial charge in [-0.05, 0) is 31.7 Å². The summed E-state index contributed by atoms with van der Waals surface area (Å²) in [5, 5.41) is 11.7. The molecule has 1 saturated heterocycles. The number of carbonyl (C=O) groups excluding carboxylic acids is 1. The molecule has 1 unspecified atom stereocenters. The van der Waals surface area contributed by atoms with E-state index in [0.29, 0.717) is 25.0 Å². The predicted molar refractivity (Wildman–Crippen MR) is 100 cm³/mol. The second kappa shape index (κ2) is 7.45. The van der Waals surface area contributed by atoms with Crippen LogP contribution in [0.1, 0.15) is 44.0 Å². The van der Waals surface area contributed by atoms with Crippen LogP contribution in [-0.2, 0) is 4.74 Å². The molecule has 9 nitrogen and oxygen atoms in total. The molecule has 29 heavy (non-hydrogen) atoms. The highest BCUT2D eigenvalue weighted by atomic mass is 19.3. The minimum Gasteiger partial charge on any atom is -0.449 e. The fourth-order valence-corrected chi connectivity index (χ4v) is 4.09. The summed E-state index contributed by atoms with van der Waals surface area (Å²) < 4.78 is 33.7. The number of benzene rings is 1. The maximum absolute atomic E-state index is 13.6. The van der Waals surface area contributed by atoms with Gasteiger partial charge in [0.05, 0.1) is 17.0 Å². The molecular formula is C18H21F2N5O4. The molecule has 11 heteroatoms. The number of aromatic nitrogens is 2. The van der Waals surface area contributed by atoms with Crippen molar-refractivity contribution in [2.45, 2.75) is 38.2 Å². The number of amides is 1. The number of alkyl halides is 2. The van der Waals surface area contributed by atoms with Crippen LogP contribution >= 0.6 is 0 Å². The molecule has 2 N–H and O–H groups in total. The van der Waals surface area contributed by atoms with Gasteiger partial charge in [-0.2, -0.15) is 0 Å². The fourth-order valence-electron chi connectivity index (χ4n) is 4.09. The number of nitrogens with zero attached hydrogens (tertiary/aromatic N) is 4. The van der Waals surface area contributed by atoms with Crippen LogP contribution in [0.5, 0.6) is 0 Å². The number of primary amides is 1. The van der Waals surface area contributed by atoms with Crippen LogP contribution in [-0.4, -0.2) is 40.3 Å². The molecule has 1 atom stereocenters. The summed E-state index contributed by atoms with van der Waals surface area (Å²) in [4.78, 5) is 28.0. The molecule has 0 spiro atoms. The molecular weight excluding hydrogens is 388 g/mol. The van der Waals surface area contributed by atoms with E-state index in [1.165, 1.54) is 16.7 Å². The minimum absolute atomic E-state index is 0.0450. The lowest BCUT2D eigenvalue weighted by Gasteiger charge is -2.33. The lowest BCUT2D eigenvalue weighted by Crippen LogP contribution is -2.38. The second-order valence-corrected chi connectivity index (χ2v) is 7.51. The smallest absolute Gasteiger partial charge is 0.404 e. The van der Waals surface area contributed by atoms with Crippen LogP contribution in [0, 0.1) is 16.0 Å². The fraction of sp³-hybridized carbons (Fsp3) is 0.556. The van der Waals surface area contributed by atoms with E-state index in [0.717, 1.165) is 19.3 Å². The Morgan fingerprint density at radius 2 is 2.14 bits per heavy atom. The summed E-state index contributed by atoms with van der Waals surface area (Å²) in [5.74, 6) is -0.416. The first-order valence-corrected chi connectivity index (χ1v) is 9.51. The number of hydrogen-bond donors (Lipinski definition) is 1. The number of ether oxygens (including phenoxy) is 1. The van der Waals surface area contributed by atoms with Crippen LogP contribution in [0.3, 0.4) is 0 Å². The topological polar surface area (TPSA) is 117 Å². The molecule has 2 heterocycles. The Bertz CT molecular complexity index is 959. The van der Waals surface area contributed by atoms with Crippen molar-refractivity contribution in [2.24, 2.45) is 11.7 Å². The van der Waals surface area contributed by atoms with E-state index in [2.05, 4.69) is 4.98 Å². The number of piperidine rings is 1. The number of carbonyl (C=O) groups is 1. The summed E-state index contributed by atoms with van der Waals surface area (Å²) in [5.41, 5.74) is 5.81. The van der Waals surface area contributed by atoms with Gasteiger partial charge in [0.2, 0.25) is 0 Å². The summed E-state index contributed by atoms with van der Waals surface area (Å²) in [6.07, 6.45) is -0.591. The van der Waals surface area contributed by atoms with Crippen molar-refractivity contribution >= 4 is 28.5 Å². The van der Waals surface area contributed by atoms with Gasteiger partial charge in [0.25, 0.3) is 12.1 Å². The average molecular weight is 409 g/mol. The van der Waals surface area contributed by atoms with E-state index in [9.17, 15) is 23.7 Å². The van der Waals surface area contributed by atoms with Crippen molar-refractivity contribution < 1.29 is 23.2 Å². The van der Waals surface area contributed by atoms with E-state index in [1.54, 1.807) is 4.90 Å². The predicted octanol–water partition coefficient (Wildman–Crippen LogP) is 3.53. The van der Waals surface area contributed by atoms with Gasteiger partial charge in [-0.25, -0.2) is 18.6 Å². The van der Waals surface area contributed by atoms with E-state index in [4.69, 9.17) is 10.5 Å². The molecule has 4 rings (SSSR count). The Labute approximate surface area is 164 Å². The zero-order valence-electron chi connectivity index (χ0n) is 15.6. The maximum atomic E-state index is 13.6. The van der Waals surface area contributed by atoms with E-state index in [1.807, 2.05) is 0 Å². The van der Waals surface area contributed by atoms with Crippen molar-refractivity contribution in [1.82, 2.24) is 9.55 Å². The number of anilines is 1. The molecule has 1 aliphatic carbocycles. The van der Waals surface area contributed by atoms with E-state index < -0.39 is 17.4 Å². The highest BCUT2D eigenvalue weighted by Gasteiger charge is 2.35. The molecule has 1 saturated carbocycles. The second-order valence-electron chi connectivity index (χ2n) is 7.51. The van der Waals surface area contributed by atoms with Gasteiger partial charge in [-0.3, -0.25) is 10.1 Å². The number of nitrogens with two attached hydrogens (primary N) is 1. The molecule has 2 aromatic rings. The Kier molecular flexibility index (Phi) is 4.97. The van der Waals surface area contributed by atoms with Gasteiger partial charge < -0.3 is 19.9 Å². The molecule has 0 bridgehead atoms. The number of hydrogen-bond acceptors (Lipinski definition) is 6. The summed E-state index contributed by atoms with van der Waals surface area (Å²) in [6, 6.07) is 2.82. The van der Waals surface area contributed by atoms with Gasteiger partial charge in [0, 0.05) is 31.1 Å². The molecule has 2 fully saturated rings. The summed E-state index contributed by atoms with van der Waals surface area (Å²) in [6.45, 7) is 1.01. The van der Waals surface area contributed by atoms with Crippen LogP contribution in [0.2, 0.25) is 0 Å². The Morgan fingerprint density at radius 1 is 1.38 bits per heavy atom. The molecule has 1 amide bonds. The van der Waals surface area contributed by atoms with Crippen molar-refractivity contribution in [1.29, 1.82) is 0 Å². The number of nitro benzene ring substituents is 1. The highest BCUT2D eigenvalue weighted by Crippen LogP contribution is 2.45. The van der Waals surface area contributed by atoms with Crippen molar-refractivity contribution in [2.75, 3.05) is 24.6 Å². The first-order chi connectivity index (χ1) is 13.9. The minimum atomic E-state index is -2.77. The van der Waals surface area contributed by atoms with Crippen LogP contribution < -0.4 is 10.6 Å². The average Bonchev–Trinajstić information content (AvgIpc) is 3.44. The third-order valence-corrected chi connectivity index (χ3v) is 5.44. The lowest BCUT2D eigenvalue weighted by molar-refractivity contribution is -0.384. The van der Waals surface area contributed by atoms with Crippen molar-refractivity contribution in [3.05, 3.63) is 28.1 Å². The first-order valence-electron chi connectivity index (χ1n) is 9.51. The van der Waals surface area contributed by atoms with Gasteiger partial charge in [0.1, 0.15) is 11.2 Å². The number of fused-ring (bicyclic) bond motifs is 1. The SMILES string of the molecule is NC(=O)OCC1CCCN(c2c([N+](=O)[O-])ccc3c2nc(C(F)F)n3C2CC2)C1. The Balaban J connectivity index is 1.79. The lowest BCUT2D eigenvalue weighted by atomic mass is 9.98. The number of halogens is 2. The number of nitro groups is 1.